The van der Waals surface area contributed by atoms with Gasteiger partial charge in [-0.15, -0.1) is 10.2 Å². The van der Waals surface area contributed by atoms with Gasteiger partial charge >= 0.3 is 0 Å². The van der Waals surface area contributed by atoms with Gasteiger partial charge < -0.3 is 11.2 Å². The van der Waals surface area contributed by atoms with E-state index in [-0.39, 0.29) is 11.2 Å². The van der Waals surface area contributed by atoms with Gasteiger partial charge in [-0.1, -0.05) is 43.8 Å². The second-order valence-electron chi connectivity index (χ2n) is 6.93. The minimum Gasteiger partial charge on any atom is -0.336 e. The Labute approximate surface area is 152 Å². The summed E-state index contributed by atoms with van der Waals surface area (Å²) in [6, 6.07) is 6.09. The van der Waals surface area contributed by atoms with Crippen molar-refractivity contribution in [3.05, 3.63) is 35.2 Å². The Bertz CT molecular complexity index is 782. The Morgan fingerprint density at radius 3 is 2.68 bits per heavy atom. The molecule has 3 N–H and O–H groups in total. The zero-order valence-corrected chi connectivity index (χ0v) is 15.9. The van der Waals surface area contributed by atoms with Crippen molar-refractivity contribution in [3.8, 4) is 0 Å². The van der Waals surface area contributed by atoms with Crippen LogP contribution in [0.15, 0.2) is 23.4 Å². The van der Waals surface area contributed by atoms with E-state index in [0.29, 0.717) is 17.0 Å². The van der Waals surface area contributed by atoms with E-state index >= 15 is 0 Å². The molecule has 1 aromatic carbocycles. The van der Waals surface area contributed by atoms with Gasteiger partial charge in [0, 0.05) is 11.6 Å². The lowest BCUT2D eigenvalue weighted by Gasteiger charge is -2.18. The first-order valence-corrected chi connectivity index (χ1v) is 9.53. The Hall–Kier alpha value is -2.02. The second kappa shape index (κ2) is 7.07. The van der Waals surface area contributed by atoms with Crippen molar-refractivity contribution in [1.82, 2.24) is 14.9 Å². The number of benzene rings is 1. The molecule has 3 rings (SSSR count). The number of anilines is 1. The van der Waals surface area contributed by atoms with Crippen LogP contribution in [0, 0.1) is 6.92 Å². The van der Waals surface area contributed by atoms with Crippen LogP contribution in [-0.2, 0) is 4.79 Å². The molecule has 6 nitrogen and oxygen atoms in total. The number of nitrogens with zero attached hydrogens (tertiary/aromatic N) is 3. The normalized spacial score (nSPS) is 15.4. The predicted octanol–water partition coefficient (Wildman–Crippen LogP) is 3.42. The van der Waals surface area contributed by atoms with Crippen LogP contribution in [0.3, 0.4) is 0 Å². The fraction of sp³-hybridized carbons (Fsp3) is 0.500. The fourth-order valence-corrected chi connectivity index (χ4v) is 3.54. The van der Waals surface area contributed by atoms with E-state index in [9.17, 15) is 4.79 Å². The van der Waals surface area contributed by atoms with Crippen LogP contribution in [0.5, 0.6) is 0 Å². The lowest BCUT2D eigenvalue weighted by molar-refractivity contribution is -0.115. The number of rotatable bonds is 6. The quantitative estimate of drug-likeness (QED) is 0.610. The van der Waals surface area contributed by atoms with Crippen molar-refractivity contribution >= 4 is 23.4 Å². The highest BCUT2D eigenvalue weighted by Gasteiger charge is 2.30. The maximum atomic E-state index is 12.7. The minimum atomic E-state index is -0.321. The standard InChI is InChI=1S/C18H25N5OS/c1-10(2)14-7-5-6-11(3)15(14)20-17(24)12(4)25-18-22-21-16(23(18)19)13-8-9-13/h5-7,10,12-13H,8-9,19H2,1-4H3,(H,20,24)/t12-/m1/s1. The molecule has 1 heterocycles. The van der Waals surface area contributed by atoms with Crippen molar-refractivity contribution in [2.45, 2.75) is 62.8 Å². The first-order chi connectivity index (χ1) is 11.9. The molecular weight excluding hydrogens is 334 g/mol. The highest BCUT2D eigenvalue weighted by atomic mass is 32.2. The van der Waals surface area contributed by atoms with Gasteiger partial charge in [-0.2, -0.15) is 0 Å². The van der Waals surface area contributed by atoms with E-state index < -0.39 is 0 Å². The molecular formula is C18H25N5OS. The predicted molar refractivity (Wildman–Crippen MR) is 101 cm³/mol. The van der Waals surface area contributed by atoms with Gasteiger partial charge in [0.05, 0.1) is 5.25 Å². The number of carbonyl (C=O) groups is 1. The van der Waals surface area contributed by atoms with E-state index in [1.807, 2.05) is 26.0 Å². The highest BCUT2D eigenvalue weighted by molar-refractivity contribution is 8.00. The van der Waals surface area contributed by atoms with Gasteiger partial charge in [0.2, 0.25) is 11.1 Å². The summed E-state index contributed by atoms with van der Waals surface area (Å²) in [4.78, 5) is 12.7. The smallest absolute Gasteiger partial charge is 0.237 e. The SMILES string of the molecule is Cc1cccc(C(C)C)c1NC(=O)[C@@H](C)Sc1nnc(C2CC2)n1N. The minimum absolute atomic E-state index is 0.0582. The number of hydrogen-bond donors (Lipinski definition) is 2. The van der Waals surface area contributed by atoms with Crippen molar-refractivity contribution < 1.29 is 4.79 Å². The van der Waals surface area contributed by atoms with Gasteiger partial charge in [0.15, 0.2) is 5.82 Å². The molecule has 1 aliphatic carbocycles. The molecule has 25 heavy (non-hydrogen) atoms. The average Bonchev–Trinajstić information content (AvgIpc) is 3.34. The van der Waals surface area contributed by atoms with Crippen molar-refractivity contribution in [1.29, 1.82) is 0 Å². The summed E-state index contributed by atoms with van der Waals surface area (Å²) in [6.45, 7) is 8.12. The molecule has 0 bridgehead atoms. The Morgan fingerprint density at radius 2 is 2.04 bits per heavy atom. The largest absolute Gasteiger partial charge is 0.336 e. The number of nitrogen functional groups attached to an aromatic ring is 1. The van der Waals surface area contributed by atoms with Crippen LogP contribution in [0.25, 0.3) is 0 Å². The molecule has 0 unspecified atom stereocenters. The number of aromatic nitrogens is 3. The Morgan fingerprint density at radius 1 is 1.32 bits per heavy atom. The Kier molecular flexibility index (Phi) is 5.03. The topological polar surface area (TPSA) is 85.8 Å². The number of carbonyl (C=O) groups excluding carboxylic acids is 1. The molecule has 0 aliphatic heterocycles. The number of amides is 1. The third-order valence-electron chi connectivity index (χ3n) is 4.46. The molecule has 1 saturated carbocycles. The average molecular weight is 359 g/mol. The number of hydrogen-bond acceptors (Lipinski definition) is 5. The van der Waals surface area contributed by atoms with Gasteiger partial charge in [0.1, 0.15) is 0 Å². The van der Waals surface area contributed by atoms with Crippen LogP contribution in [0.2, 0.25) is 0 Å². The Balaban J connectivity index is 1.71. The molecule has 1 atom stereocenters. The first-order valence-electron chi connectivity index (χ1n) is 8.66. The highest BCUT2D eigenvalue weighted by Crippen LogP contribution is 2.39. The van der Waals surface area contributed by atoms with E-state index in [1.54, 1.807) is 0 Å². The van der Waals surface area contributed by atoms with Crippen LogP contribution < -0.4 is 11.2 Å². The number of aryl methyl sites for hydroxylation is 1. The molecule has 1 fully saturated rings. The molecule has 134 valence electrons. The van der Waals surface area contributed by atoms with E-state index in [4.69, 9.17) is 5.84 Å². The lowest BCUT2D eigenvalue weighted by atomic mass is 9.98. The molecule has 1 aliphatic rings. The zero-order valence-electron chi connectivity index (χ0n) is 15.1. The van der Waals surface area contributed by atoms with Gasteiger partial charge in [-0.25, -0.2) is 4.68 Å². The molecule has 7 heteroatoms. The summed E-state index contributed by atoms with van der Waals surface area (Å²) in [6.07, 6.45) is 2.22. The number of nitrogens with two attached hydrogens (primary N) is 1. The van der Waals surface area contributed by atoms with E-state index in [2.05, 4.69) is 35.4 Å². The monoisotopic (exact) mass is 359 g/mol. The maximum absolute atomic E-state index is 12.7. The van der Waals surface area contributed by atoms with Crippen LogP contribution in [0.1, 0.15) is 62.4 Å². The summed E-state index contributed by atoms with van der Waals surface area (Å²) in [5.74, 6) is 7.60. The van der Waals surface area contributed by atoms with Crippen LogP contribution in [-0.4, -0.2) is 26.0 Å². The van der Waals surface area contributed by atoms with Crippen molar-refractivity contribution in [3.63, 3.8) is 0 Å². The van der Waals surface area contributed by atoms with E-state index in [1.165, 1.54) is 16.4 Å². The molecule has 0 spiro atoms. The van der Waals surface area contributed by atoms with Crippen molar-refractivity contribution in [2.24, 2.45) is 0 Å². The fourth-order valence-electron chi connectivity index (χ4n) is 2.77. The zero-order chi connectivity index (χ0) is 18.1. The van der Waals surface area contributed by atoms with E-state index in [0.717, 1.165) is 35.5 Å². The molecule has 1 aromatic heterocycles. The number of thioether (sulfide) groups is 1. The third-order valence-corrected chi connectivity index (χ3v) is 5.52. The molecule has 0 saturated heterocycles. The number of para-hydroxylation sites is 1. The summed E-state index contributed by atoms with van der Waals surface area (Å²) in [7, 11) is 0. The van der Waals surface area contributed by atoms with Crippen LogP contribution in [0.4, 0.5) is 5.69 Å². The summed E-state index contributed by atoms with van der Waals surface area (Å²) >= 11 is 1.34. The van der Waals surface area contributed by atoms with Crippen molar-refractivity contribution in [2.75, 3.05) is 11.2 Å². The summed E-state index contributed by atoms with van der Waals surface area (Å²) in [5.41, 5.74) is 3.11. The molecule has 0 radical (unpaired) electrons. The molecule has 2 aromatic rings. The first kappa shape index (κ1) is 17.8. The van der Waals surface area contributed by atoms with Gasteiger partial charge in [-0.3, -0.25) is 4.79 Å². The van der Waals surface area contributed by atoms with Crippen LogP contribution >= 0.6 is 11.8 Å². The van der Waals surface area contributed by atoms with Gasteiger partial charge in [0.25, 0.3) is 0 Å². The lowest BCUT2D eigenvalue weighted by Crippen LogP contribution is -2.25. The van der Waals surface area contributed by atoms with Gasteiger partial charge in [-0.05, 0) is 43.7 Å². The second-order valence-corrected chi connectivity index (χ2v) is 8.24. The third kappa shape index (κ3) is 3.81. The molecule has 1 amide bonds. The number of nitrogens with one attached hydrogen (secondary N) is 1. The summed E-state index contributed by atoms with van der Waals surface area (Å²) in [5, 5.41) is 11.6. The maximum Gasteiger partial charge on any atom is 0.237 e. The summed E-state index contributed by atoms with van der Waals surface area (Å²) < 4.78 is 1.53.